The molecule has 0 spiro atoms. The molecule has 0 saturated carbocycles. The third-order valence-corrected chi connectivity index (χ3v) is 1.98. The Morgan fingerprint density at radius 1 is 1.13 bits per heavy atom. The Morgan fingerprint density at radius 3 is 2.40 bits per heavy atom. The average Bonchev–Trinajstić information content (AvgIpc) is 2.45. The van der Waals surface area contributed by atoms with Gasteiger partial charge in [0.1, 0.15) is 11.6 Å². The SMILES string of the molecule is O=C1C=C(c2ccc(F)cc2F)C(=O)N1. The van der Waals surface area contributed by atoms with E-state index in [4.69, 9.17) is 0 Å². The Hall–Kier alpha value is -2.04. The Morgan fingerprint density at radius 2 is 1.87 bits per heavy atom. The smallest absolute Gasteiger partial charge is 0.259 e. The van der Waals surface area contributed by atoms with E-state index >= 15 is 0 Å². The van der Waals surface area contributed by atoms with Crippen LogP contribution in [-0.2, 0) is 9.59 Å². The van der Waals surface area contributed by atoms with Gasteiger partial charge in [0.05, 0.1) is 5.57 Å². The maximum Gasteiger partial charge on any atom is 0.259 e. The minimum Gasteiger partial charge on any atom is -0.289 e. The second-order valence-electron chi connectivity index (χ2n) is 3.00. The van der Waals surface area contributed by atoms with Crippen LogP contribution in [0, 0.1) is 11.6 Å². The van der Waals surface area contributed by atoms with Crippen molar-refractivity contribution in [2.45, 2.75) is 0 Å². The van der Waals surface area contributed by atoms with Crippen LogP contribution in [-0.4, -0.2) is 11.8 Å². The molecule has 1 heterocycles. The van der Waals surface area contributed by atoms with Gasteiger partial charge in [0.15, 0.2) is 0 Å². The molecule has 1 N–H and O–H groups in total. The highest BCUT2D eigenvalue weighted by Crippen LogP contribution is 2.21. The minimum atomic E-state index is -0.869. The summed E-state index contributed by atoms with van der Waals surface area (Å²) in [5.41, 5.74) is -0.169. The van der Waals surface area contributed by atoms with Crippen LogP contribution < -0.4 is 5.32 Å². The van der Waals surface area contributed by atoms with Crippen LogP contribution in [0.25, 0.3) is 5.57 Å². The summed E-state index contributed by atoms with van der Waals surface area (Å²) in [5, 5.41) is 1.98. The molecule has 0 fully saturated rings. The molecule has 1 aliphatic heterocycles. The van der Waals surface area contributed by atoms with Gasteiger partial charge in [-0.15, -0.1) is 0 Å². The standard InChI is InChI=1S/C10H5F2NO2/c11-5-1-2-6(8(12)3-5)7-4-9(14)13-10(7)15/h1-4H,(H,13,14,15). The number of hydrogen-bond acceptors (Lipinski definition) is 2. The number of imide groups is 1. The highest BCUT2D eigenvalue weighted by Gasteiger charge is 2.24. The maximum absolute atomic E-state index is 13.2. The average molecular weight is 209 g/mol. The lowest BCUT2D eigenvalue weighted by molar-refractivity contribution is -0.123. The molecule has 1 aromatic rings. The third kappa shape index (κ3) is 1.63. The summed E-state index contributed by atoms with van der Waals surface area (Å²) >= 11 is 0. The van der Waals surface area contributed by atoms with E-state index in [2.05, 4.69) is 0 Å². The van der Waals surface area contributed by atoms with E-state index in [0.29, 0.717) is 6.07 Å². The Bertz CT molecular complexity index is 494. The number of carbonyl (C=O) groups is 2. The van der Waals surface area contributed by atoms with Crippen LogP contribution in [0.3, 0.4) is 0 Å². The fraction of sp³-hybridized carbons (Fsp3) is 0. The molecule has 0 saturated heterocycles. The van der Waals surface area contributed by atoms with Crippen LogP contribution in [0.4, 0.5) is 8.78 Å². The molecule has 3 nitrogen and oxygen atoms in total. The van der Waals surface area contributed by atoms with Gasteiger partial charge < -0.3 is 0 Å². The predicted molar refractivity (Wildman–Crippen MR) is 47.5 cm³/mol. The third-order valence-electron chi connectivity index (χ3n) is 1.98. The molecule has 2 rings (SSSR count). The second kappa shape index (κ2) is 3.27. The van der Waals surface area contributed by atoms with Gasteiger partial charge in [-0.3, -0.25) is 14.9 Å². The molecule has 0 aromatic heterocycles. The zero-order chi connectivity index (χ0) is 11.0. The highest BCUT2D eigenvalue weighted by atomic mass is 19.1. The lowest BCUT2D eigenvalue weighted by Crippen LogP contribution is -2.21. The van der Waals surface area contributed by atoms with Crippen molar-refractivity contribution in [3.63, 3.8) is 0 Å². The predicted octanol–water partition coefficient (Wildman–Crippen LogP) is 1.00. The number of nitrogens with one attached hydrogen (secondary N) is 1. The molecule has 1 aromatic carbocycles. The van der Waals surface area contributed by atoms with E-state index < -0.39 is 23.4 Å². The first-order valence-corrected chi connectivity index (χ1v) is 4.10. The Balaban J connectivity index is 2.51. The molecule has 15 heavy (non-hydrogen) atoms. The molecule has 1 aliphatic rings. The van der Waals surface area contributed by atoms with Gasteiger partial charge in [0, 0.05) is 17.7 Å². The van der Waals surface area contributed by atoms with E-state index in [0.717, 1.165) is 18.2 Å². The van der Waals surface area contributed by atoms with E-state index in [1.54, 1.807) is 0 Å². The van der Waals surface area contributed by atoms with Gasteiger partial charge in [-0.1, -0.05) is 0 Å². The van der Waals surface area contributed by atoms with Gasteiger partial charge in [0.25, 0.3) is 11.8 Å². The monoisotopic (exact) mass is 209 g/mol. The fourth-order valence-corrected chi connectivity index (χ4v) is 1.32. The lowest BCUT2D eigenvalue weighted by atomic mass is 10.1. The molecule has 0 aliphatic carbocycles. The molecule has 76 valence electrons. The topological polar surface area (TPSA) is 46.2 Å². The summed E-state index contributed by atoms with van der Waals surface area (Å²) in [6.45, 7) is 0. The van der Waals surface area contributed by atoms with Crippen molar-refractivity contribution in [1.29, 1.82) is 0 Å². The van der Waals surface area contributed by atoms with Gasteiger partial charge in [-0.2, -0.15) is 0 Å². The van der Waals surface area contributed by atoms with E-state index in [9.17, 15) is 18.4 Å². The van der Waals surface area contributed by atoms with Crippen molar-refractivity contribution in [3.05, 3.63) is 41.5 Å². The summed E-state index contributed by atoms with van der Waals surface area (Å²) in [5.74, 6) is -2.88. The van der Waals surface area contributed by atoms with Crippen LogP contribution in [0.5, 0.6) is 0 Å². The van der Waals surface area contributed by atoms with Crippen LogP contribution in [0.15, 0.2) is 24.3 Å². The maximum atomic E-state index is 13.2. The van der Waals surface area contributed by atoms with Crippen molar-refractivity contribution in [2.24, 2.45) is 0 Å². The molecule has 0 unspecified atom stereocenters. The molecule has 0 bridgehead atoms. The zero-order valence-electron chi connectivity index (χ0n) is 7.38. The van der Waals surface area contributed by atoms with Crippen molar-refractivity contribution in [2.75, 3.05) is 0 Å². The Labute approximate surface area is 83.4 Å². The molecular weight excluding hydrogens is 204 g/mol. The zero-order valence-corrected chi connectivity index (χ0v) is 7.38. The second-order valence-corrected chi connectivity index (χ2v) is 3.00. The minimum absolute atomic E-state index is 0.0836. The summed E-state index contributed by atoms with van der Waals surface area (Å²) in [4.78, 5) is 22.0. The number of hydrogen-bond donors (Lipinski definition) is 1. The quantitative estimate of drug-likeness (QED) is 0.701. The van der Waals surface area contributed by atoms with Gasteiger partial charge in [0.2, 0.25) is 0 Å². The first kappa shape index (κ1) is 9.51. The van der Waals surface area contributed by atoms with Gasteiger partial charge in [-0.25, -0.2) is 8.78 Å². The van der Waals surface area contributed by atoms with Crippen molar-refractivity contribution in [3.8, 4) is 0 Å². The molecule has 0 radical (unpaired) electrons. The van der Waals surface area contributed by atoms with Gasteiger partial charge >= 0.3 is 0 Å². The summed E-state index contributed by atoms with van der Waals surface area (Å²) in [7, 11) is 0. The first-order chi connectivity index (χ1) is 7.08. The fourth-order valence-electron chi connectivity index (χ4n) is 1.32. The van der Waals surface area contributed by atoms with Gasteiger partial charge in [-0.05, 0) is 12.1 Å². The lowest BCUT2D eigenvalue weighted by Gasteiger charge is -2.01. The number of amides is 2. The molecular formula is C10H5F2NO2. The van der Waals surface area contributed by atoms with Crippen molar-refractivity contribution < 1.29 is 18.4 Å². The Kier molecular flexibility index (Phi) is 2.07. The summed E-state index contributed by atoms with van der Waals surface area (Å²) in [6.07, 6.45) is 0.985. The van der Waals surface area contributed by atoms with Crippen LogP contribution in [0.2, 0.25) is 0 Å². The van der Waals surface area contributed by atoms with E-state index in [-0.39, 0.29) is 11.1 Å². The summed E-state index contributed by atoms with van der Waals surface area (Å²) < 4.78 is 25.8. The summed E-state index contributed by atoms with van der Waals surface area (Å²) in [6, 6.07) is 2.80. The number of rotatable bonds is 1. The number of carbonyl (C=O) groups excluding carboxylic acids is 2. The van der Waals surface area contributed by atoms with Crippen LogP contribution in [0.1, 0.15) is 5.56 Å². The first-order valence-electron chi connectivity index (χ1n) is 4.10. The van der Waals surface area contributed by atoms with Crippen molar-refractivity contribution in [1.82, 2.24) is 5.32 Å². The van der Waals surface area contributed by atoms with E-state index in [1.165, 1.54) is 0 Å². The number of benzene rings is 1. The largest absolute Gasteiger partial charge is 0.289 e. The number of halogens is 2. The normalized spacial score (nSPS) is 15.2. The molecule has 5 heteroatoms. The van der Waals surface area contributed by atoms with Crippen LogP contribution >= 0.6 is 0 Å². The molecule has 2 amide bonds. The van der Waals surface area contributed by atoms with E-state index in [1.807, 2.05) is 5.32 Å². The van der Waals surface area contributed by atoms with Crippen molar-refractivity contribution >= 4 is 17.4 Å². The molecule has 0 atom stereocenters. The highest BCUT2D eigenvalue weighted by molar-refractivity contribution is 6.33.